The molecule has 0 radical (unpaired) electrons. The van der Waals surface area contributed by atoms with Gasteiger partial charge in [-0.1, -0.05) is 188 Å². The van der Waals surface area contributed by atoms with Gasteiger partial charge in [-0.3, -0.25) is 0 Å². The maximum Gasteiger partial charge on any atom is 0.165 e. The Morgan fingerprint density at radius 1 is 0.246 bits per heavy atom. The Balaban J connectivity index is 1.07. The first-order chi connectivity index (χ1) is 30.2. The molecule has 0 bridgehead atoms. The van der Waals surface area contributed by atoms with Gasteiger partial charge in [-0.15, -0.1) is 11.3 Å². The first kappa shape index (κ1) is 35.2. The van der Waals surface area contributed by atoms with Gasteiger partial charge >= 0.3 is 0 Å². The number of thiophene rings is 1. The molecule has 2 heterocycles. The van der Waals surface area contributed by atoms with Gasteiger partial charge in [-0.25, -0.2) is 15.0 Å². The second-order valence-corrected chi connectivity index (χ2v) is 16.5. The second kappa shape index (κ2) is 14.5. The van der Waals surface area contributed by atoms with Crippen molar-refractivity contribution in [2.75, 3.05) is 0 Å². The molecule has 0 amide bonds. The fourth-order valence-electron chi connectivity index (χ4n) is 9.07. The molecule has 0 aliphatic heterocycles. The van der Waals surface area contributed by atoms with E-state index in [1.54, 1.807) is 11.3 Å². The molecule has 0 saturated carbocycles. The van der Waals surface area contributed by atoms with E-state index < -0.39 is 0 Å². The zero-order chi connectivity index (χ0) is 40.3. The summed E-state index contributed by atoms with van der Waals surface area (Å²) in [6, 6.07) is 75.8. The normalized spacial score (nSPS) is 11.6. The number of rotatable bonds is 6. The van der Waals surface area contributed by atoms with E-state index in [1.165, 1.54) is 58.8 Å². The molecule has 0 aliphatic rings. The van der Waals surface area contributed by atoms with E-state index in [0.29, 0.717) is 17.5 Å². The van der Waals surface area contributed by atoms with Crippen LogP contribution in [0.25, 0.3) is 120 Å². The zero-order valence-corrected chi connectivity index (χ0v) is 33.8. The fourth-order valence-corrected chi connectivity index (χ4v) is 10.3. The van der Waals surface area contributed by atoms with E-state index in [1.807, 2.05) is 0 Å². The average molecular weight is 794 g/mol. The van der Waals surface area contributed by atoms with Crippen molar-refractivity contribution in [1.29, 1.82) is 0 Å². The number of hydrogen-bond acceptors (Lipinski definition) is 4. The van der Waals surface area contributed by atoms with Crippen LogP contribution in [-0.2, 0) is 0 Å². The number of fused-ring (bicyclic) bond motifs is 6. The first-order valence-electron chi connectivity index (χ1n) is 20.6. The van der Waals surface area contributed by atoms with E-state index in [4.69, 9.17) is 15.0 Å². The molecule has 12 rings (SSSR count). The third-order valence-electron chi connectivity index (χ3n) is 12.0. The summed E-state index contributed by atoms with van der Waals surface area (Å²) < 4.78 is 2.41. The van der Waals surface area contributed by atoms with Crippen LogP contribution in [0.1, 0.15) is 0 Å². The molecule has 0 N–H and O–H groups in total. The summed E-state index contributed by atoms with van der Waals surface area (Å²) in [6.45, 7) is 0. The van der Waals surface area contributed by atoms with Crippen molar-refractivity contribution in [2.45, 2.75) is 0 Å². The van der Waals surface area contributed by atoms with Gasteiger partial charge in [-0.05, 0) is 90.0 Å². The van der Waals surface area contributed by atoms with Gasteiger partial charge in [0, 0.05) is 36.9 Å². The lowest BCUT2D eigenvalue weighted by atomic mass is 9.91. The lowest BCUT2D eigenvalue weighted by Gasteiger charge is -2.15. The third kappa shape index (κ3) is 5.99. The smallest absolute Gasteiger partial charge is 0.165 e. The highest BCUT2D eigenvalue weighted by atomic mass is 32.1. The van der Waals surface area contributed by atoms with Gasteiger partial charge in [-0.2, -0.15) is 0 Å². The molecule has 0 aliphatic carbocycles. The maximum atomic E-state index is 5.40. The van der Waals surface area contributed by atoms with Crippen LogP contribution in [0.4, 0.5) is 0 Å². The Morgan fingerprint density at radius 2 is 0.672 bits per heavy atom. The van der Waals surface area contributed by atoms with Crippen LogP contribution in [0.5, 0.6) is 0 Å². The molecule has 3 nitrogen and oxygen atoms in total. The summed E-state index contributed by atoms with van der Waals surface area (Å²) in [5.74, 6) is 1.94. The Morgan fingerprint density at radius 3 is 1.38 bits per heavy atom. The van der Waals surface area contributed by atoms with Gasteiger partial charge in [0.15, 0.2) is 17.5 Å². The third-order valence-corrected chi connectivity index (χ3v) is 13.2. The van der Waals surface area contributed by atoms with Gasteiger partial charge in [0.25, 0.3) is 0 Å². The Bertz CT molecular complexity index is 3640. The summed E-state index contributed by atoms with van der Waals surface area (Å²) in [6.07, 6.45) is 0. The van der Waals surface area contributed by atoms with Crippen LogP contribution in [0.15, 0.2) is 212 Å². The highest BCUT2D eigenvalue weighted by Crippen LogP contribution is 2.43. The summed E-state index contributed by atoms with van der Waals surface area (Å²) in [5.41, 5.74) is 10.0. The number of benzene rings is 10. The number of hydrogen-bond donors (Lipinski definition) is 0. The molecule has 0 unspecified atom stereocenters. The van der Waals surface area contributed by atoms with Gasteiger partial charge in [0.2, 0.25) is 0 Å². The van der Waals surface area contributed by atoms with Crippen LogP contribution in [0, 0.1) is 0 Å². The fraction of sp³-hybridized carbons (Fsp3) is 0. The summed E-state index contributed by atoms with van der Waals surface area (Å²) >= 11 is 1.79. The number of nitrogens with zero attached hydrogens (tertiary/aromatic N) is 3. The lowest BCUT2D eigenvalue weighted by molar-refractivity contribution is 1.08. The lowest BCUT2D eigenvalue weighted by Crippen LogP contribution is -2.01. The second-order valence-electron chi connectivity index (χ2n) is 15.5. The summed E-state index contributed by atoms with van der Waals surface area (Å²) in [4.78, 5) is 16.2. The van der Waals surface area contributed by atoms with Crippen LogP contribution < -0.4 is 0 Å². The maximum absolute atomic E-state index is 5.40. The van der Waals surface area contributed by atoms with Crippen LogP contribution in [0.3, 0.4) is 0 Å². The minimum atomic E-state index is 0.641. The van der Waals surface area contributed by atoms with Gasteiger partial charge in [0.05, 0.1) is 0 Å². The number of aromatic nitrogens is 3. The van der Waals surface area contributed by atoms with Crippen molar-refractivity contribution < 1.29 is 0 Å². The van der Waals surface area contributed by atoms with Gasteiger partial charge in [0.1, 0.15) is 0 Å². The van der Waals surface area contributed by atoms with E-state index in [2.05, 4.69) is 212 Å². The zero-order valence-electron chi connectivity index (χ0n) is 33.0. The monoisotopic (exact) mass is 793 g/mol. The van der Waals surface area contributed by atoms with Crippen LogP contribution >= 0.6 is 11.3 Å². The minimum Gasteiger partial charge on any atom is -0.208 e. The highest BCUT2D eigenvalue weighted by Gasteiger charge is 2.20. The SMILES string of the molecule is c1ccc(-c2ccc(-c3ccc(-c4nc(-c5ccc(-c6cccc7ccccc67)c6ccccc56)nc(-c5cccc6c5sc5ccccc56)n4)c4ccccc34)cc2)cc1. The van der Waals surface area contributed by atoms with Crippen molar-refractivity contribution in [1.82, 2.24) is 15.0 Å². The van der Waals surface area contributed by atoms with E-state index in [-0.39, 0.29) is 0 Å². The predicted molar refractivity (Wildman–Crippen MR) is 258 cm³/mol. The molecule has 10 aromatic carbocycles. The molecule has 284 valence electrons. The molecule has 12 aromatic rings. The van der Waals surface area contributed by atoms with E-state index >= 15 is 0 Å². The van der Waals surface area contributed by atoms with Crippen molar-refractivity contribution in [3.05, 3.63) is 212 Å². The standard InChI is InChI=1S/C57H35N3S/c1-2-14-36(15-3-1)37-28-30-39(31-29-37)41-32-34-50(45-21-8-6-19-42(41)45)55-58-56(60-57(59-55)52-26-13-25-49-48-23-10-11-27-53(48)61-54(49)52)51-35-33-47(44-20-7-9-22-46(44)51)43-24-12-17-38-16-4-5-18-40(38)43/h1-35H. The molecule has 61 heavy (non-hydrogen) atoms. The summed E-state index contributed by atoms with van der Waals surface area (Å²) in [5, 5.41) is 9.38. The minimum absolute atomic E-state index is 0.641. The average Bonchev–Trinajstić information content (AvgIpc) is 3.72. The highest BCUT2D eigenvalue weighted by molar-refractivity contribution is 7.26. The Kier molecular flexibility index (Phi) is 8.36. The van der Waals surface area contributed by atoms with E-state index in [9.17, 15) is 0 Å². The Labute approximate surface area is 356 Å². The van der Waals surface area contributed by atoms with Crippen molar-refractivity contribution in [3.63, 3.8) is 0 Å². The van der Waals surface area contributed by atoms with Crippen LogP contribution in [0.2, 0.25) is 0 Å². The van der Waals surface area contributed by atoms with E-state index in [0.717, 1.165) is 43.8 Å². The molecule has 4 heteroatoms. The first-order valence-corrected chi connectivity index (χ1v) is 21.4. The molecule has 0 spiro atoms. The van der Waals surface area contributed by atoms with Crippen LogP contribution in [-0.4, -0.2) is 15.0 Å². The Hall–Kier alpha value is -7.79. The molecule has 0 fully saturated rings. The molecule has 0 saturated heterocycles. The summed E-state index contributed by atoms with van der Waals surface area (Å²) in [7, 11) is 0. The van der Waals surface area contributed by atoms with Gasteiger partial charge < -0.3 is 0 Å². The van der Waals surface area contributed by atoms with Crippen molar-refractivity contribution in [2.24, 2.45) is 0 Å². The predicted octanol–water partition coefficient (Wildman–Crippen LogP) is 15.7. The van der Waals surface area contributed by atoms with Crippen molar-refractivity contribution in [3.8, 4) is 67.5 Å². The van der Waals surface area contributed by atoms with Crippen molar-refractivity contribution >= 4 is 63.8 Å². The molecule has 0 atom stereocenters. The topological polar surface area (TPSA) is 38.7 Å². The molecular weight excluding hydrogens is 759 g/mol. The quantitative estimate of drug-likeness (QED) is 0.168. The molecule has 2 aromatic heterocycles. The molecular formula is C57H35N3S. The largest absolute Gasteiger partial charge is 0.208 e.